The molecule has 2 heterocycles. The van der Waals surface area contributed by atoms with Crippen molar-refractivity contribution in [3.05, 3.63) is 34.9 Å². The van der Waals surface area contributed by atoms with Crippen molar-refractivity contribution in [2.45, 2.75) is 64.1 Å². The molecule has 1 saturated carbocycles. The molecule has 4 rings (SSSR count). The molecule has 2 aliphatic heterocycles. The van der Waals surface area contributed by atoms with Crippen LogP contribution in [0, 0.1) is 5.92 Å². The molecular formula is C19H28N2. The summed E-state index contributed by atoms with van der Waals surface area (Å²) in [5.41, 5.74) is 4.63. The number of rotatable bonds is 2. The molecule has 21 heavy (non-hydrogen) atoms. The third-order valence-corrected chi connectivity index (χ3v) is 5.90. The van der Waals surface area contributed by atoms with Gasteiger partial charge in [-0.1, -0.05) is 31.0 Å². The molecule has 1 aliphatic carbocycles. The zero-order chi connectivity index (χ0) is 14.1. The normalized spacial score (nSPS) is 29.7. The minimum atomic E-state index is 0.877. The highest BCUT2D eigenvalue weighted by Gasteiger charge is 2.32. The number of likely N-dealkylation sites (tertiary alicyclic amines) is 1. The van der Waals surface area contributed by atoms with E-state index in [2.05, 4.69) is 28.4 Å². The molecule has 2 atom stereocenters. The van der Waals surface area contributed by atoms with Crippen LogP contribution in [0.1, 0.15) is 55.2 Å². The van der Waals surface area contributed by atoms with Crippen LogP contribution in [0.4, 0.5) is 0 Å². The Labute approximate surface area is 128 Å². The van der Waals surface area contributed by atoms with Crippen LogP contribution in [-0.4, -0.2) is 24.0 Å². The number of piperidine rings is 1. The van der Waals surface area contributed by atoms with Gasteiger partial charge < -0.3 is 5.32 Å². The van der Waals surface area contributed by atoms with Crippen molar-refractivity contribution in [2.24, 2.45) is 5.92 Å². The quantitative estimate of drug-likeness (QED) is 0.894. The first-order valence-corrected chi connectivity index (χ1v) is 8.95. The standard InChI is InChI=1S/C19H28N2/c1-2-6-19-17(4-1)5-3-11-21(19)14-15-7-8-16-9-10-20-13-18(16)12-15/h7-8,12,17,19-20H,1-6,9-11,13-14H2. The lowest BCUT2D eigenvalue weighted by atomic mass is 9.78. The van der Waals surface area contributed by atoms with Gasteiger partial charge in [0.1, 0.15) is 0 Å². The lowest BCUT2D eigenvalue weighted by molar-refractivity contribution is 0.0547. The van der Waals surface area contributed by atoms with Gasteiger partial charge >= 0.3 is 0 Å². The molecular weight excluding hydrogens is 256 g/mol. The topological polar surface area (TPSA) is 15.3 Å². The fourth-order valence-electron chi connectivity index (χ4n) is 4.79. The van der Waals surface area contributed by atoms with Crippen LogP contribution in [0.5, 0.6) is 0 Å². The maximum atomic E-state index is 3.50. The number of benzene rings is 1. The Hall–Kier alpha value is -0.860. The summed E-state index contributed by atoms with van der Waals surface area (Å²) >= 11 is 0. The van der Waals surface area contributed by atoms with E-state index in [9.17, 15) is 0 Å². The second-order valence-corrected chi connectivity index (χ2v) is 7.25. The van der Waals surface area contributed by atoms with Crippen molar-refractivity contribution in [1.29, 1.82) is 0 Å². The average Bonchev–Trinajstić information content (AvgIpc) is 2.55. The van der Waals surface area contributed by atoms with Crippen LogP contribution in [0.3, 0.4) is 0 Å². The van der Waals surface area contributed by atoms with Gasteiger partial charge in [-0.3, -0.25) is 4.90 Å². The van der Waals surface area contributed by atoms with Crippen molar-refractivity contribution in [3.8, 4) is 0 Å². The van der Waals surface area contributed by atoms with Crippen LogP contribution >= 0.6 is 0 Å². The van der Waals surface area contributed by atoms with Gasteiger partial charge in [-0.05, 0) is 67.8 Å². The Kier molecular flexibility index (Phi) is 4.00. The Bertz CT molecular complexity index is 494. The molecule has 1 aromatic rings. The van der Waals surface area contributed by atoms with Gasteiger partial charge in [-0.2, -0.15) is 0 Å². The highest BCUT2D eigenvalue weighted by Crippen LogP contribution is 2.36. The van der Waals surface area contributed by atoms with Crippen LogP contribution in [0.25, 0.3) is 0 Å². The smallest absolute Gasteiger partial charge is 0.0236 e. The first kappa shape index (κ1) is 13.8. The third-order valence-electron chi connectivity index (χ3n) is 5.90. The molecule has 2 heteroatoms. The van der Waals surface area contributed by atoms with Crippen LogP contribution in [0.2, 0.25) is 0 Å². The zero-order valence-electron chi connectivity index (χ0n) is 13.1. The Morgan fingerprint density at radius 3 is 2.95 bits per heavy atom. The summed E-state index contributed by atoms with van der Waals surface area (Å²) < 4.78 is 0. The minimum Gasteiger partial charge on any atom is -0.312 e. The highest BCUT2D eigenvalue weighted by molar-refractivity contribution is 5.33. The summed E-state index contributed by atoms with van der Waals surface area (Å²) in [5.74, 6) is 0.992. The van der Waals surface area contributed by atoms with Crippen molar-refractivity contribution in [1.82, 2.24) is 10.2 Å². The number of nitrogens with zero attached hydrogens (tertiary/aromatic N) is 1. The molecule has 2 fully saturated rings. The van der Waals surface area contributed by atoms with Gasteiger partial charge in [0.2, 0.25) is 0 Å². The molecule has 2 unspecified atom stereocenters. The van der Waals surface area contributed by atoms with E-state index in [1.54, 1.807) is 5.56 Å². The first-order valence-electron chi connectivity index (χ1n) is 8.95. The molecule has 3 aliphatic rings. The summed E-state index contributed by atoms with van der Waals surface area (Å²) in [6, 6.07) is 8.11. The van der Waals surface area contributed by atoms with E-state index in [1.807, 2.05) is 0 Å². The fourth-order valence-corrected chi connectivity index (χ4v) is 4.79. The zero-order valence-corrected chi connectivity index (χ0v) is 13.1. The predicted molar refractivity (Wildman–Crippen MR) is 87.2 cm³/mol. The summed E-state index contributed by atoms with van der Waals surface area (Å²) in [4.78, 5) is 2.80. The van der Waals surface area contributed by atoms with Crippen LogP contribution in [-0.2, 0) is 19.5 Å². The largest absolute Gasteiger partial charge is 0.312 e. The maximum Gasteiger partial charge on any atom is 0.0236 e. The molecule has 0 bridgehead atoms. The molecule has 114 valence electrons. The Morgan fingerprint density at radius 1 is 1.05 bits per heavy atom. The molecule has 0 amide bonds. The van der Waals surface area contributed by atoms with E-state index in [0.29, 0.717) is 0 Å². The fraction of sp³-hybridized carbons (Fsp3) is 0.684. The summed E-state index contributed by atoms with van der Waals surface area (Å²) in [7, 11) is 0. The molecule has 1 saturated heterocycles. The Balaban J connectivity index is 1.49. The monoisotopic (exact) mass is 284 g/mol. The molecule has 2 nitrogen and oxygen atoms in total. The third kappa shape index (κ3) is 2.89. The van der Waals surface area contributed by atoms with Gasteiger partial charge in [-0.15, -0.1) is 0 Å². The van der Waals surface area contributed by atoms with Crippen molar-refractivity contribution in [3.63, 3.8) is 0 Å². The number of hydrogen-bond acceptors (Lipinski definition) is 2. The van der Waals surface area contributed by atoms with E-state index in [4.69, 9.17) is 0 Å². The molecule has 0 spiro atoms. The Morgan fingerprint density at radius 2 is 1.95 bits per heavy atom. The van der Waals surface area contributed by atoms with Crippen LogP contribution in [0.15, 0.2) is 18.2 Å². The second kappa shape index (κ2) is 6.10. The lowest BCUT2D eigenvalue weighted by Crippen LogP contribution is -2.46. The lowest BCUT2D eigenvalue weighted by Gasteiger charge is -2.44. The summed E-state index contributed by atoms with van der Waals surface area (Å²) in [5, 5.41) is 3.50. The van der Waals surface area contributed by atoms with Crippen molar-refractivity contribution >= 4 is 0 Å². The predicted octanol–water partition coefficient (Wildman–Crippen LogP) is 3.49. The first-order chi connectivity index (χ1) is 10.4. The second-order valence-electron chi connectivity index (χ2n) is 7.25. The minimum absolute atomic E-state index is 0.877. The van der Waals surface area contributed by atoms with E-state index in [-0.39, 0.29) is 0 Å². The number of fused-ring (bicyclic) bond motifs is 2. The highest BCUT2D eigenvalue weighted by atomic mass is 15.2. The number of nitrogens with one attached hydrogen (secondary N) is 1. The SMILES string of the molecule is c1cc2c(cc1CN1CCCC3CCCCC31)CNCC2. The van der Waals surface area contributed by atoms with Gasteiger partial charge in [0, 0.05) is 19.1 Å². The summed E-state index contributed by atoms with van der Waals surface area (Å²) in [6.07, 6.45) is 9.94. The van der Waals surface area contributed by atoms with E-state index in [0.717, 1.165) is 25.0 Å². The molecule has 0 radical (unpaired) electrons. The molecule has 1 aromatic carbocycles. The van der Waals surface area contributed by atoms with Crippen molar-refractivity contribution in [2.75, 3.05) is 13.1 Å². The summed E-state index contributed by atoms with van der Waals surface area (Å²) in [6.45, 7) is 4.70. The van der Waals surface area contributed by atoms with E-state index >= 15 is 0 Å². The van der Waals surface area contributed by atoms with Crippen LogP contribution < -0.4 is 5.32 Å². The van der Waals surface area contributed by atoms with E-state index < -0.39 is 0 Å². The molecule has 0 aromatic heterocycles. The van der Waals surface area contributed by atoms with Crippen molar-refractivity contribution < 1.29 is 0 Å². The van der Waals surface area contributed by atoms with Gasteiger partial charge in [0.15, 0.2) is 0 Å². The number of hydrogen-bond donors (Lipinski definition) is 1. The maximum absolute atomic E-state index is 3.50. The molecule has 1 N–H and O–H groups in total. The van der Waals surface area contributed by atoms with Gasteiger partial charge in [-0.25, -0.2) is 0 Å². The average molecular weight is 284 g/mol. The van der Waals surface area contributed by atoms with E-state index in [1.165, 1.54) is 69.2 Å². The van der Waals surface area contributed by atoms with Gasteiger partial charge in [0.05, 0.1) is 0 Å². The van der Waals surface area contributed by atoms with Gasteiger partial charge in [0.25, 0.3) is 0 Å².